The van der Waals surface area contributed by atoms with E-state index in [0.29, 0.717) is 12.0 Å². The maximum atomic E-state index is 10.5. The first-order valence-corrected chi connectivity index (χ1v) is 9.25. The Balaban J connectivity index is 0.000000543. The number of nitrogens with zero attached hydrogens (tertiary/aromatic N) is 2. The Hall–Kier alpha value is -2.99. The second-order valence-electron chi connectivity index (χ2n) is 7.13. The molecule has 0 saturated carbocycles. The molecule has 0 radical (unpaired) electrons. The molecule has 0 spiro atoms. The Morgan fingerprint density at radius 2 is 1.59 bits per heavy atom. The number of aromatic carboxylic acids is 1. The molecular weight excluding hydrogens is 380 g/mol. The number of aliphatic hydroxyl groups excluding tert-OH is 1. The first-order valence-electron chi connectivity index (χ1n) is 9.25. The van der Waals surface area contributed by atoms with Crippen LogP contribution in [-0.2, 0) is 0 Å². The molecule has 0 aliphatic heterocycles. The Morgan fingerprint density at radius 1 is 1.07 bits per heavy atom. The molecule has 0 unspecified atom stereocenters. The molecular formula is C20H28N2O7. The highest BCUT2D eigenvalue weighted by Gasteiger charge is 2.19. The first-order chi connectivity index (χ1) is 13.5. The molecule has 0 aromatic heterocycles. The monoisotopic (exact) mass is 408 g/mol. The molecule has 9 heteroatoms. The lowest BCUT2D eigenvalue weighted by Gasteiger charge is -2.13. The minimum Gasteiger partial charge on any atom is -0.478 e. The van der Waals surface area contributed by atoms with E-state index in [4.69, 9.17) is 5.11 Å². The number of carboxylic acid groups (broad SMARTS) is 1. The molecule has 1 rings (SSSR count). The van der Waals surface area contributed by atoms with Gasteiger partial charge < -0.3 is 10.2 Å². The maximum absolute atomic E-state index is 10.5. The summed E-state index contributed by atoms with van der Waals surface area (Å²) >= 11 is 0. The maximum Gasteiger partial charge on any atom is 0.336 e. The van der Waals surface area contributed by atoms with Gasteiger partial charge in [-0.15, -0.1) is 5.92 Å². The zero-order valence-corrected chi connectivity index (χ0v) is 17.1. The average Bonchev–Trinajstić information content (AvgIpc) is 2.61. The molecule has 0 heterocycles. The summed E-state index contributed by atoms with van der Waals surface area (Å²) in [4.78, 5) is 29.4. The Bertz CT molecular complexity index is 687. The van der Waals surface area contributed by atoms with Crippen molar-refractivity contribution in [3.8, 4) is 11.8 Å². The van der Waals surface area contributed by atoms with Gasteiger partial charge in [0, 0.05) is 12.1 Å². The highest BCUT2D eigenvalue weighted by Crippen LogP contribution is 2.22. The molecule has 0 aliphatic rings. The summed E-state index contributed by atoms with van der Waals surface area (Å²) in [5.41, 5.74) is -1.74. The van der Waals surface area contributed by atoms with Gasteiger partial charge in [0.1, 0.15) is 6.10 Å². The van der Waals surface area contributed by atoms with Crippen molar-refractivity contribution in [2.24, 2.45) is 11.8 Å². The largest absolute Gasteiger partial charge is 0.478 e. The van der Waals surface area contributed by atoms with Gasteiger partial charge in [-0.1, -0.05) is 46.0 Å². The van der Waals surface area contributed by atoms with Gasteiger partial charge in [0.25, 0.3) is 11.4 Å². The number of benzene rings is 1. The number of hydrogen-bond acceptors (Lipinski definition) is 6. The van der Waals surface area contributed by atoms with E-state index in [-0.39, 0.29) is 0 Å². The minimum atomic E-state index is -1.46. The first kappa shape index (κ1) is 26.0. The van der Waals surface area contributed by atoms with Crippen LogP contribution in [0.15, 0.2) is 18.2 Å². The zero-order chi connectivity index (χ0) is 22.6. The van der Waals surface area contributed by atoms with Gasteiger partial charge in [0.15, 0.2) is 0 Å². The van der Waals surface area contributed by atoms with Crippen molar-refractivity contribution in [3.05, 3.63) is 44.0 Å². The summed E-state index contributed by atoms with van der Waals surface area (Å²) in [7, 11) is 0. The summed E-state index contributed by atoms with van der Waals surface area (Å²) in [5.74, 6) is 5.45. The van der Waals surface area contributed by atoms with Gasteiger partial charge in [0.05, 0.1) is 21.5 Å². The molecule has 160 valence electrons. The van der Waals surface area contributed by atoms with Gasteiger partial charge in [-0.25, -0.2) is 4.79 Å². The third kappa shape index (κ3) is 11.4. The fourth-order valence-corrected chi connectivity index (χ4v) is 2.53. The number of carboxylic acids is 1. The Labute approximate surface area is 170 Å². The summed E-state index contributed by atoms with van der Waals surface area (Å²) in [5, 5.41) is 38.7. The Kier molecular flexibility index (Phi) is 11.9. The van der Waals surface area contributed by atoms with E-state index in [1.807, 2.05) is 0 Å². The van der Waals surface area contributed by atoms with Gasteiger partial charge in [0.2, 0.25) is 0 Å². The van der Waals surface area contributed by atoms with Crippen molar-refractivity contribution < 1.29 is 24.9 Å². The second-order valence-corrected chi connectivity index (χ2v) is 7.13. The summed E-state index contributed by atoms with van der Waals surface area (Å²) in [6.45, 7) is 8.47. The number of aliphatic hydroxyl groups is 1. The smallest absolute Gasteiger partial charge is 0.336 e. The molecule has 0 aliphatic carbocycles. The van der Waals surface area contributed by atoms with Crippen molar-refractivity contribution in [1.29, 1.82) is 0 Å². The van der Waals surface area contributed by atoms with Crippen LogP contribution in [0.5, 0.6) is 0 Å². The van der Waals surface area contributed by atoms with Crippen LogP contribution >= 0.6 is 0 Å². The molecule has 2 N–H and O–H groups in total. The van der Waals surface area contributed by atoms with Crippen LogP contribution in [0.4, 0.5) is 11.4 Å². The number of non-ortho nitro benzene ring substituents is 2. The van der Waals surface area contributed by atoms with E-state index in [2.05, 4.69) is 32.6 Å². The van der Waals surface area contributed by atoms with Crippen LogP contribution in [0.25, 0.3) is 0 Å². The Morgan fingerprint density at radius 3 is 1.97 bits per heavy atom. The lowest BCUT2D eigenvalue weighted by Crippen LogP contribution is -2.09. The SMILES string of the molecule is CC#C[C@@H](O)C[C@H](C)CCCC(C)C.O=C(O)c1cc([N+](=O)[O-])cc([N+](=O)[O-])c1. The van der Waals surface area contributed by atoms with E-state index in [1.54, 1.807) is 6.92 Å². The van der Waals surface area contributed by atoms with Gasteiger partial charge in [-0.3, -0.25) is 20.2 Å². The van der Waals surface area contributed by atoms with E-state index >= 15 is 0 Å². The number of carbonyl (C=O) groups is 1. The second kappa shape index (κ2) is 13.2. The predicted molar refractivity (Wildman–Crippen MR) is 109 cm³/mol. The molecule has 0 bridgehead atoms. The topological polar surface area (TPSA) is 144 Å². The third-order valence-corrected chi connectivity index (χ3v) is 3.99. The quantitative estimate of drug-likeness (QED) is 0.349. The average molecular weight is 408 g/mol. The van der Waals surface area contributed by atoms with E-state index < -0.39 is 38.9 Å². The predicted octanol–water partition coefficient (Wildman–Crippen LogP) is 4.42. The molecule has 29 heavy (non-hydrogen) atoms. The fourth-order valence-electron chi connectivity index (χ4n) is 2.53. The van der Waals surface area contributed by atoms with E-state index in [9.17, 15) is 30.1 Å². The molecule has 9 nitrogen and oxygen atoms in total. The van der Waals surface area contributed by atoms with Crippen LogP contribution in [0, 0.1) is 43.9 Å². The molecule has 1 aromatic rings. The zero-order valence-electron chi connectivity index (χ0n) is 17.1. The van der Waals surface area contributed by atoms with Crippen LogP contribution in [0.3, 0.4) is 0 Å². The van der Waals surface area contributed by atoms with Crippen LogP contribution in [0.1, 0.15) is 63.7 Å². The van der Waals surface area contributed by atoms with Crippen molar-refractivity contribution in [2.75, 3.05) is 0 Å². The van der Waals surface area contributed by atoms with Crippen LogP contribution in [0.2, 0.25) is 0 Å². The summed E-state index contributed by atoms with van der Waals surface area (Å²) in [6, 6.07) is 2.22. The van der Waals surface area contributed by atoms with Crippen LogP contribution in [-0.4, -0.2) is 32.1 Å². The molecule has 0 fully saturated rings. The molecule has 0 saturated heterocycles. The minimum absolute atomic E-state index is 0.422. The normalized spacial score (nSPS) is 12.1. The summed E-state index contributed by atoms with van der Waals surface area (Å²) in [6.07, 6.45) is 4.17. The number of nitro benzene ring substituents is 2. The molecule has 1 aromatic carbocycles. The highest BCUT2D eigenvalue weighted by atomic mass is 16.6. The van der Waals surface area contributed by atoms with E-state index in [0.717, 1.165) is 24.5 Å². The highest BCUT2D eigenvalue weighted by molar-refractivity contribution is 5.89. The van der Waals surface area contributed by atoms with Gasteiger partial charge >= 0.3 is 5.97 Å². The fraction of sp³-hybridized carbons (Fsp3) is 0.550. The van der Waals surface area contributed by atoms with Crippen LogP contribution < -0.4 is 0 Å². The lowest BCUT2D eigenvalue weighted by atomic mass is 9.95. The van der Waals surface area contributed by atoms with Gasteiger partial charge in [-0.2, -0.15) is 0 Å². The lowest BCUT2D eigenvalue weighted by molar-refractivity contribution is -0.394. The molecule has 0 amide bonds. The third-order valence-electron chi connectivity index (χ3n) is 3.99. The number of hydrogen-bond donors (Lipinski definition) is 2. The standard InChI is InChI=1S/C13H24O.C7H4N2O6/c1-5-7-13(14)10-12(4)9-6-8-11(2)3;10-7(11)4-1-5(8(12)13)3-6(2-4)9(14)15/h11-14H,6,8-10H2,1-4H3;1-3H,(H,10,11)/t12-,13-;/m1./s1. The van der Waals surface area contributed by atoms with Crippen molar-refractivity contribution >= 4 is 17.3 Å². The van der Waals surface area contributed by atoms with Crippen molar-refractivity contribution in [3.63, 3.8) is 0 Å². The summed E-state index contributed by atoms with van der Waals surface area (Å²) < 4.78 is 0. The van der Waals surface area contributed by atoms with Crippen molar-refractivity contribution in [1.82, 2.24) is 0 Å². The molecule has 2 atom stereocenters. The van der Waals surface area contributed by atoms with Crippen molar-refractivity contribution in [2.45, 2.75) is 59.5 Å². The number of nitro groups is 2. The van der Waals surface area contributed by atoms with E-state index in [1.165, 1.54) is 19.3 Å². The van der Waals surface area contributed by atoms with Gasteiger partial charge in [-0.05, 0) is 25.2 Å². The number of rotatable bonds is 9.